The highest BCUT2D eigenvalue weighted by molar-refractivity contribution is 7.98. The van der Waals surface area contributed by atoms with Crippen molar-refractivity contribution in [2.45, 2.75) is 31.8 Å². The van der Waals surface area contributed by atoms with E-state index in [0.717, 1.165) is 4.57 Å². The lowest BCUT2D eigenvalue weighted by Gasteiger charge is -2.14. The Morgan fingerprint density at radius 1 is 1.31 bits per heavy atom. The van der Waals surface area contributed by atoms with Gasteiger partial charge in [0.05, 0.1) is 10.9 Å². The van der Waals surface area contributed by atoms with Crippen LogP contribution in [0.2, 0.25) is 0 Å². The molecule has 0 aliphatic heterocycles. The third-order valence-electron chi connectivity index (χ3n) is 3.92. The van der Waals surface area contributed by atoms with Crippen LogP contribution in [0.1, 0.15) is 19.3 Å². The van der Waals surface area contributed by atoms with Crippen LogP contribution in [0.5, 0.6) is 0 Å². The van der Waals surface area contributed by atoms with Gasteiger partial charge in [0.15, 0.2) is 0 Å². The summed E-state index contributed by atoms with van der Waals surface area (Å²) in [6, 6.07) is 5.78. The van der Waals surface area contributed by atoms with Crippen LogP contribution in [0.3, 0.4) is 0 Å². The fourth-order valence-electron chi connectivity index (χ4n) is 2.56. The second-order valence-corrected chi connectivity index (χ2v) is 6.76. The van der Waals surface area contributed by atoms with E-state index in [0.29, 0.717) is 23.1 Å². The molecule has 1 aromatic carbocycles. The van der Waals surface area contributed by atoms with E-state index in [1.165, 1.54) is 11.8 Å². The summed E-state index contributed by atoms with van der Waals surface area (Å²) in [7, 11) is 0. The Kier molecular flexibility index (Phi) is 7.02. The van der Waals surface area contributed by atoms with Crippen molar-refractivity contribution in [1.29, 1.82) is 0 Å². The number of nitrogens with one attached hydrogen (secondary N) is 2. The SMILES string of the molecule is CSCC[C@@H](NC(=O)CCCn1c(=O)[nH]c2ccccc2c1=O)C(=O)O. The number of aromatic nitrogens is 2. The van der Waals surface area contributed by atoms with Crippen molar-refractivity contribution >= 4 is 34.5 Å². The van der Waals surface area contributed by atoms with Crippen LogP contribution >= 0.6 is 11.8 Å². The number of rotatable bonds is 9. The number of thioether (sulfide) groups is 1. The average molecular weight is 379 g/mol. The molecule has 3 N–H and O–H groups in total. The van der Waals surface area contributed by atoms with Gasteiger partial charge in [-0.05, 0) is 37.0 Å². The van der Waals surface area contributed by atoms with Gasteiger partial charge in [-0.3, -0.25) is 14.2 Å². The maximum absolute atomic E-state index is 12.4. The van der Waals surface area contributed by atoms with E-state index in [1.807, 2.05) is 6.26 Å². The molecule has 0 fully saturated rings. The van der Waals surface area contributed by atoms with Gasteiger partial charge in [0.1, 0.15) is 6.04 Å². The summed E-state index contributed by atoms with van der Waals surface area (Å²) in [5, 5.41) is 12.0. The number of H-pyrrole nitrogens is 1. The number of aromatic amines is 1. The number of aliphatic carboxylic acids is 1. The number of hydrogen-bond donors (Lipinski definition) is 3. The highest BCUT2D eigenvalue weighted by atomic mass is 32.2. The first-order chi connectivity index (χ1) is 12.4. The number of fused-ring (bicyclic) bond motifs is 1. The Hall–Kier alpha value is -2.55. The summed E-state index contributed by atoms with van der Waals surface area (Å²) in [6.45, 7) is 0.0783. The number of para-hydroxylation sites is 1. The van der Waals surface area contributed by atoms with E-state index in [2.05, 4.69) is 10.3 Å². The number of carboxylic acids is 1. The lowest BCUT2D eigenvalue weighted by atomic mass is 10.2. The van der Waals surface area contributed by atoms with E-state index in [4.69, 9.17) is 5.11 Å². The molecule has 0 spiro atoms. The lowest BCUT2D eigenvalue weighted by molar-refractivity contribution is -0.141. The van der Waals surface area contributed by atoms with Gasteiger partial charge in [0, 0.05) is 13.0 Å². The predicted octanol–water partition coefficient (Wildman–Crippen LogP) is 0.793. The van der Waals surface area contributed by atoms with Crippen LogP contribution in [0.4, 0.5) is 0 Å². The molecule has 0 radical (unpaired) electrons. The molecular weight excluding hydrogens is 358 g/mol. The molecule has 9 heteroatoms. The fourth-order valence-corrected chi connectivity index (χ4v) is 3.03. The second-order valence-electron chi connectivity index (χ2n) is 5.78. The maximum atomic E-state index is 12.4. The molecule has 0 aliphatic carbocycles. The quantitative estimate of drug-likeness (QED) is 0.592. The number of hydrogen-bond acceptors (Lipinski definition) is 5. The summed E-state index contributed by atoms with van der Waals surface area (Å²) in [5.41, 5.74) is -0.472. The Labute approximate surface area is 153 Å². The zero-order valence-electron chi connectivity index (χ0n) is 14.4. The van der Waals surface area contributed by atoms with E-state index in [-0.39, 0.29) is 19.4 Å². The zero-order chi connectivity index (χ0) is 19.1. The van der Waals surface area contributed by atoms with Crippen LogP contribution in [-0.4, -0.2) is 44.6 Å². The van der Waals surface area contributed by atoms with Crippen molar-refractivity contribution in [1.82, 2.24) is 14.9 Å². The van der Waals surface area contributed by atoms with Crippen molar-refractivity contribution in [3.8, 4) is 0 Å². The van der Waals surface area contributed by atoms with Gasteiger partial charge < -0.3 is 15.4 Å². The van der Waals surface area contributed by atoms with Crippen molar-refractivity contribution in [2.24, 2.45) is 0 Å². The van der Waals surface area contributed by atoms with E-state index in [9.17, 15) is 19.2 Å². The molecule has 2 aromatic rings. The lowest BCUT2D eigenvalue weighted by Crippen LogP contribution is -2.41. The third kappa shape index (κ3) is 4.98. The van der Waals surface area contributed by atoms with Gasteiger partial charge >= 0.3 is 11.7 Å². The second kappa shape index (κ2) is 9.23. The minimum absolute atomic E-state index is 0.0295. The molecule has 0 aliphatic rings. The molecule has 1 amide bonds. The molecule has 0 saturated heterocycles. The molecule has 140 valence electrons. The first kappa shape index (κ1) is 19.8. The highest BCUT2D eigenvalue weighted by Crippen LogP contribution is 2.04. The molecule has 1 atom stereocenters. The normalized spacial score (nSPS) is 12.0. The van der Waals surface area contributed by atoms with Crippen molar-refractivity contribution < 1.29 is 14.7 Å². The molecular formula is C17H21N3O5S. The highest BCUT2D eigenvalue weighted by Gasteiger charge is 2.19. The zero-order valence-corrected chi connectivity index (χ0v) is 15.2. The van der Waals surface area contributed by atoms with Gasteiger partial charge in [-0.25, -0.2) is 9.59 Å². The molecule has 8 nitrogen and oxygen atoms in total. The largest absolute Gasteiger partial charge is 0.480 e. The first-order valence-electron chi connectivity index (χ1n) is 8.17. The Bertz CT molecular complexity index is 905. The van der Waals surface area contributed by atoms with Crippen LogP contribution in [0.15, 0.2) is 33.9 Å². The predicted molar refractivity (Wildman–Crippen MR) is 101 cm³/mol. The smallest absolute Gasteiger partial charge is 0.328 e. The summed E-state index contributed by atoms with van der Waals surface area (Å²) < 4.78 is 1.05. The van der Waals surface area contributed by atoms with E-state index in [1.54, 1.807) is 24.3 Å². The Balaban J connectivity index is 1.98. The molecule has 2 rings (SSSR count). The fraction of sp³-hybridized carbons (Fsp3) is 0.412. The molecule has 1 aromatic heterocycles. The number of carbonyl (C=O) groups is 2. The van der Waals surface area contributed by atoms with Gasteiger partial charge in [0.25, 0.3) is 5.56 Å². The standard InChI is InChI=1S/C17H21N3O5S/c1-26-10-8-13(16(23)24)18-14(21)7-4-9-20-15(22)11-5-2-3-6-12(11)19-17(20)25/h2-3,5-6,13H,4,7-10H2,1H3,(H,18,21)(H,19,25)(H,23,24)/t13-/m1/s1. The van der Waals surface area contributed by atoms with Crippen LogP contribution < -0.4 is 16.6 Å². The van der Waals surface area contributed by atoms with Gasteiger partial charge in [-0.15, -0.1) is 0 Å². The van der Waals surface area contributed by atoms with Crippen molar-refractivity contribution in [3.05, 3.63) is 45.1 Å². The van der Waals surface area contributed by atoms with Crippen LogP contribution in [0.25, 0.3) is 10.9 Å². The molecule has 0 unspecified atom stereocenters. The van der Waals surface area contributed by atoms with Crippen LogP contribution in [-0.2, 0) is 16.1 Å². The topological polar surface area (TPSA) is 121 Å². The summed E-state index contributed by atoms with van der Waals surface area (Å²) in [5.74, 6) is -0.864. The minimum Gasteiger partial charge on any atom is -0.480 e. The van der Waals surface area contributed by atoms with Crippen LogP contribution in [0, 0.1) is 0 Å². The third-order valence-corrected chi connectivity index (χ3v) is 4.56. The van der Waals surface area contributed by atoms with E-state index >= 15 is 0 Å². The number of benzene rings is 1. The maximum Gasteiger partial charge on any atom is 0.328 e. The summed E-state index contributed by atoms with van der Waals surface area (Å²) in [6.07, 6.45) is 2.48. The number of carbonyl (C=O) groups excluding carboxylic acids is 1. The Morgan fingerprint density at radius 3 is 2.73 bits per heavy atom. The van der Waals surface area contributed by atoms with Crippen molar-refractivity contribution in [3.63, 3.8) is 0 Å². The van der Waals surface area contributed by atoms with Crippen molar-refractivity contribution in [2.75, 3.05) is 12.0 Å². The Morgan fingerprint density at radius 2 is 2.04 bits per heavy atom. The molecule has 1 heterocycles. The van der Waals surface area contributed by atoms with Gasteiger partial charge in [0.2, 0.25) is 5.91 Å². The first-order valence-corrected chi connectivity index (χ1v) is 9.56. The number of carboxylic acid groups (broad SMARTS) is 1. The summed E-state index contributed by atoms with van der Waals surface area (Å²) in [4.78, 5) is 50.1. The number of amides is 1. The molecule has 0 saturated carbocycles. The van der Waals surface area contributed by atoms with Gasteiger partial charge in [-0.2, -0.15) is 11.8 Å². The molecule has 0 bridgehead atoms. The molecule has 26 heavy (non-hydrogen) atoms. The average Bonchev–Trinajstić information content (AvgIpc) is 2.61. The number of nitrogens with zero attached hydrogens (tertiary/aromatic N) is 1. The summed E-state index contributed by atoms with van der Waals surface area (Å²) >= 11 is 1.50. The van der Waals surface area contributed by atoms with E-state index < -0.39 is 29.2 Å². The monoisotopic (exact) mass is 379 g/mol. The van der Waals surface area contributed by atoms with Gasteiger partial charge in [-0.1, -0.05) is 12.1 Å². The minimum atomic E-state index is -1.07.